The van der Waals surface area contributed by atoms with Crippen LogP contribution in [-0.4, -0.2) is 49.9 Å². The molecular formula is C15H21N3O3S. The summed E-state index contributed by atoms with van der Waals surface area (Å²) in [6.07, 6.45) is 5.87. The predicted molar refractivity (Wildman–Crippen MR) is 84.8 cm³/mol. The highest BCUT2D eigenvalue weighted by Gasteiger charge is 2.29. The van der Waals surface area contributed by atoms with Crippen molar-refractivity contribution >= 4 is 21.4 Å². The summed E-state index contributed by atoms with van der Waals surface area (Å²) in [5, 5.41) is 2.76. The fraction of sp³-hybridized carbons (Fsp3) is 0.600. The number of amides is 1. The average molecular weight is 323 g/mol. The van der Waals surface area contributed by atoms with E-state index in [1.165, 1.54) is 19.3 Å². The SMILES string of the molecule is O=C(NC1CCS(=O)(=O)C1)c1ccc(N2CCCCC2)cn1. The minimum Gasteiger partial charge on any atom is -0.370 e. The van der Waals surface area contributed by atoms with Crippen LogP contribution in [0.25, 0.3) is 0 Å². The van der Waals surface area contributed by atoms with Crippen LogP contribution in [0.3, 0.4) is 0 Å². The fourth-order valence-electron chi connectivity index (χ4n) is 3.03. The fourth-order valence-corrected chi connectivity index (χ4v) is 4.70. The van der Waals surface area contributed by atoms with E-state index in [2.05, 4.69) is 15.2 Å². The number of sulfone groups is 1. The summed E-state index contributed by atoms with van der Waals surface area (Å²) in [5.41, 5.74) is 1.38. The summed E-state index contributed by atoms with van der Waals surface area (Å²) in [5.74, 6) is -0.114. The lowest BCUT2D eigenvalue weighted by atomic mass is 10.1. The highest BCUT2D eigenvalue weighted by atomic mass is 32.2. The second kappa shape index (κ2) is 6.24. The smallest absolute Gasteiger partial charge is 0.270 e. The second-order valence-corrected chi connectivity index (χ2v) is 8.25. The molecule has 1 unspecified atom stereocenters. The Kier molecular flexibility index (Phi) is 4.33. The van der Waals surface area contributed by atoms with E-state index in [4.69, 9.17) is 0 Å². The van der Waals surface area contributed by atoms with Gasteiger partial charge in [0.05, 0.1) is 23.4 Å². The first-order chi connectivity index (χ1) is 10.5. The molecule has 7 heteroatoms. The van der Waals surface area contributed by atoms with Crippen molar-refractivity contribution in [2.24, 2.45) is 0 Å². The molecule has 0 radical (unpaired) electrons. The molecule has 3 rings (SSSR count). The molecule has 2 aliphatic rings. The molecule has 1 aromatic rings. The molecule has 120 valence electrons. The van der Waals surface area contributed by atoms with E-state index in [-0.39, 0.29) is 23.5 Å². The zero-order chi connectivity index (χ0) is 15.6. The van der Waals surface area contributed by atoms with Crippen LogP contribution in [0.15, 0.2) is 18.3 Å². The molecular weight excluding hydrogens is 302 g/mol. The molecule has 1 aromatic heterocycles. The number of pyridine rings is 1. The number of hydrogen-bond acceptors (Lipinski definition) is 5. The van der Waals surface area contributed by atoms with Gasteiger partial charge in [-0.05, 0) is 37.8 Å². The summed E-state index contributed by atoms with van der Waals surface area (Å²) in [4.78, 5) is 18.6. The molecule has 3 heterocycles. The van der Waals surface area contributed by atoms with Crippen molar-refractivity contribution in [2.45, 2.75) is 31.7 Å². The zero-order valence-electron chi connectivity index (χ0n) is 12.5. The minimum atomic E-state index is -2.99. The third-order valence-electron chi connectivity index (χ3n) is 4.27. The Morgan fingerprint density at radius 3 is 2.59 bits per heavy atom. The Bertz CT molecular complexity index is 637. The Labute approximate surface area is 130 Å². The van der Waals surface area contributed by atoms with Gasteiger partial charge in [-0.15, -0.1) is 0 Å². The maximum absolute atomic E-state index is 12.1. The van der Waals surface area contributed by atoms with Gasteiger partial charge < -0.3 is 10.2 Å². The zero-order valence-corrected chi connectivity index (χ0v) is 13.3. The summed E-state index contributed by atoms with van der Waals surface area (Å²) in [6.45, 7) is 2.07. The number of nitrogens with zero attached hydrogens (tertiary/aromatic N) is 2. The van der Waals surface area contributed by atoms with E-state index >= 15 is 0 Å². The number of nitrogens with one attached hydrogen (secondary N) is 1. The molecule has 2 saturated heterocycles. The van der Waals surface area contributed by atoms with Gasteiger partial charge in [-0.3, -0.25) is 4.79 Å². The first-order valence-corrected chi connectivity index (χ1v) is 9.58. The molecule has 0 aliphatic carbocycles. The molecule has 0 aromatic carbocycles. The van der Waals surface area contributed by atoms with Gasteiger partial charge in [-0.2, -0.15) is 0 Å². The standard InChI is InChI=1S/C15H21N3O3S/c19-15(17-12-6-9-22(20,21)11-12)14-5-4-13(10-16-14)18-7-2-1-3-8-18/h4-5,10,12H,1-3,6-9,11H2,(H,17,19). The van der Waals surface area contributed by atoms with Crippen LogP contribution in [0.4, 0.5) is 5.69 Å². The summed E-state index contributed by atoms with van der Waals surface area (Å²) in [7, 11) is -2.99. The predicted octanol–water partition coefficient (Wildman–Crippen LogP) is 0.989. The third kappa shape index (κ3) is 3.58. The summed E-state index contributed by atoms with van der Waals surface area (Å²) in [6, 6.07) is 3.34. The van der Waals surface area contributed by atoms with Crippen LogP contribution in [0.5, 0.6) is 0 Å². The average Bonchev–Trinajstić information content (AvgIpc) is 2.87. The molecule has 2 aliphatic heterocycles. The van der Waals surface area contributed by atoms with E-state index in [1.807, 2.05) is 6.07 Å². The Morgan fingerprint density at radius 1 is 1.23 bits per heavy atom. The minimum absolute atomic E-state index is 0.0323. The topological polar surface area (TPSA) is 79.4 Å². The highest BCUT2D eigenvalue weighted by molar-refractivity contribution is 7.91. The van der Waals surface area contributed by atoms with Crippen molar-refractivity contribution < 1.29 is 13.2 Å². The van der Waals surface area contributed by atoms with Crippen LogP contribution < -0.4 is 10.2 Å². The summed E-state index contributed by atoms with van der Waals surface area (Å²) >= 11 is 0. The lowest BCUT2D eigenvalue weighted by Gasteiger charge is -2.28. The molecule has 2 fully saturated rings. The number of hydrogen-bond donors (Lipinski definition) is 1. The lowest BCUT2D eigenvalue weighted by Crippen LogP contribution is -2.36. The van der Waals surface area contributed by atoms with Gasteiger partial charge in [-0.25, -0.2) is 13.4 Å². The number of piperidine rings is 1. The Hall–Kier alpha value is -1.63. The summed E-state index contributed by atoms with van der Waals surface area (Å²) < 4.78 is 22.8. The van der Waals surface area contributed by atoms with Crippen molar-refractivity contribution in [1.82, 2.24) is 10.3 Å². The van der Waals surface area contributed by atoms with Crippen molar-refractivity contribution in [3.8, 4) is 0 Å². The molecule has 1 amide bonds. The molecule has 0 saturated carbocycles. The van der Waals surface area contributed by atoms with Crippen molar-refractivity contribution in [2.75, 3.05) is 29.5 Å². The van der Waals surface area contributed by atoms with Gasteiger partial charge in [0.25, 0.3) is 5.91 Å². The maximum Gasteiger partial charge on any atom is 0.270 e. The quantitative estimate of drug-likeness (QED) is 0.897. The van der Waals surface area contributed by atoms with Gasteiger partial charge in [0, 0.05) is 19.1 Å². The first-order valence-electron chi connectivity index (χ1n) is 7.76. The van der Waals surface area contributed by atoms with Gasteiger partial charge >= 0.3 is 0 Å². The largest absolute Gasteiger partial charge is 0.370 e. The number of aromatic nitrogens is 1. The van der Waals surface area contributed by atoms with E-state index in [1.54, 1.807) is 12.3 Å². The van der Waals surface area contributed by atoms with Crippen LogP contribution in [0.1, 0.15) is 36.2 Å². The van der Waals surface area contributed by atoms with Crippen LogP contribution in [0, 0.1) is 0 Å². The van der Waals surface area contributed by atoms with Gasteiger partial charge in [0.1, 0.15) is 5.69 Å². The van der Waals surface area contributed by atoms with Gasteiger partial charge in [-0.1, -0.05) is 0 Å². The first kappa shape index (κ1) is 15.3. The maximum atomic E-state index is 12.1. The van der Waals surface area contributed by atoms with Crippen molar-refractivity contribution in [3.05, 3.63) is 24.0 Å². The second-order valence-electron chi connectivity index (χ2n) is 6.02. The molecule has 1 N–H and O–H groups in total. The van der Waals surface area contributed by atoms with E-state index in [9.17, 15) is 13.2 Å². The Balaban J connectivity index is 1.61. The van der Waals surface area contributed by atoms with Crippen LogP contribution in [0.2, 0.25) is 0 Å². The van der Waals surface area contributed by atoms with Crippen LogP contribution in [-0.2, 0) is 9.84 Å². The van der Waals surface area contributed by atoms with E-state index < -0.39 is 9.84 Å². The van der Waals surface area contributed by atoms with Crippen LogP contribution >= 0.6 is 0 Å². The number of carbonyl (C=O) groups excluding carboxylic acids is 1. The lowest BCUT2D eigenvalue weighted by molar-refractivity contribution is 0.0936. The molecule has 1 atom stereocenters. The molecule has 0 bridgehead atoms. The van der Waals surface area contributed by atoms with Crippen molar-refractivity contribution in [3.63, 3.8) is 0 Å². The molecule has 0 spiro atoms. The van der Waals surface area contributed by atoms with Crippen molar-refractivity contribution in [1.29, 1.82) is 0 Å². The normalized spacial score (nSPS) is 24.2. The van der Waals surface area contributed by atoms with E-state index in [0.717, 1.165) is 18.8 Å². The molecule has 22 heavy (non-hydrogen) atoms. The van der Waals surface area contributed by atoms with E-state index in [0.29, 0.717) is 12.1 Å². The third-order valence-corrected chi connectivity index (χ3v) is 6.04. The number of carbonyl (C=O) groups is 1. The van der Waals surface area contributed by atoms with Gasteiger partial charge in [0.2, 0.25) is 0 Å². The monoisotopic (exact) mass is 323 g/mol. The number of anilines is 1. The molecule has 6 nitrogen and oxygen atoms in total. The Morgan fingerprint density at radius 2 is 2.00 bits per heavy atom. The highest BCUT2D eigenvalue weighted by Crippen LogP contribution is 2.19. The number of rotatable bonds is 3. The van der Waals surface area contributed by atoms with Gasteiger partial charge in [0.15, 0.2) is 9.84 Å².